The van der Waals surface area contributed by atoms with Crippen molar-refractivity contribution in [2.24, 2.45) is 0 Å². The molecule has 14 heavy (non-hydrogen) atoms. The first kappa shape index (κ1) is 9.19. The number of aromatic carboxylic acids is 1. The van der Waals surface area contributed by atoms with Crippen molar-refractivity contribution >= 4 is 5.97 Å². The summed E-state index contributed by atoms with van der Waals surface area (Å²) >= 11 is 0. The summed E-state index contributed by atoms with van der Waals surface area (Å²) in [6.07, 6.45) is 2.16. The summed E-state index contributed by atoms with van der Waals surface area (Å²) in [5.41, 5.74) is 3.06. The Kier molecular flexibility index (Phi) is 2.02. The predicted molar refractivity (Wildman–Crippen MR) is 52.6 cm³/mol. The molecule has 0 bridgehead atoms. The van der Waals surface area contributed by atoms with Crippen LogP contribution in [0.1, 0.15) is 46.1 Å². The summed E-state index contributed by atoms with van der Waals surface area (Å²) in [4.78, 5) is 15.4. The molecule has 1 fully saturated rings. The van der Waals surface area contributed by atoms with Crippen LogP contribution in [0.5, 0.6) is 0 Å². The number of carbonyl (C=O) groups is 1. The van der Waals surface area contributed by atoms with Crippen molar-refractivity contribution in [2.45, 2.75) is 32.6 Å². The molecule has 0 atom stereocenters. The SMILES string of the molecule is Cc1cc(C(=O)O)c(C2CC2)nc1C. The van der Waals surface area contributed by atoms with Gasteiger partial charge in [0.25, 0.3) is 0 Å². The van der Waals surface area contributed by atoms with Gasteiger partial charge < -0.3 is 5.11 Å². The molecule has 0 radical (unpaired) electrons. The third-order valence-corrected chi connectivity index (χ3v) is 2.69. The molecule has 74 valence electrons. The first-order valence-electron chi connectivity index (χ1n) is 4.81. The lowest BCUT2D eigenvalue weighted by Crippen LogP contribution is -2.06. The highest BCUT2D eigenvalue weighted by atomic mass is 16.4. The number of nitrogens with zero attached hydrogens (tertiary/aromatic N) is 1. The van der Waals surface area contributed by atoms with E-state index in [-0.39, 0.29) is 0 Å². The van der Waals surface area contributed by atoms with Gasteiger partial charge in [-0.25, -0.2) is 4.79 Å². The fourth-order valence-corrected chi connectivity index (χ4v) is 1.56. The second kappa shape index (κ2) is 3.08. The van der Waals surface area contributed by atoms with E-state index >= 15 is 0 Å². The van der Waals surface area contributed by atoms with E-state index in [4.69, 9.17) is 5.11 Å². The van der Waals surface area contributed by atoms with Crippen LogP contribution in [-0.2, 0) is 0 Å². The van der Waals surface area contributed by atoms with Gasteiger partial charge in [-0.05, 0) is 38.3 Å². The fraction of sp³-hybridized carbons (Fsp3) is 0.455. The van der Waals surface area contributed by atoms with Crippen LogP contribution in [-0.4, -0.2) is 16.1 Å². The van der Waals surface area contributed by atoms with Gasteiger partial charge in [0.05, 0.1) is 11.3 Å². The zero-order valence-corrected chi connectivity index (χ0v) is 8.37. The van der Waals surface area contributed by atoms with E-state index in [0.717, 1.165) is 29.8 Å². The second-order valence-electron chi connectivity index (χ2n) is 3.90. The molecule has 2 rings (SSSR count). The van der Waals surface area contributed by atoms with E-state index in [1.54, 1.807) is 6.07 Å². The summed E-state index contributed by atoms with van der Waals surface area (Å²) in [5.74, 6) is -0.470. The molecular weight excluding hydrogens is 178 g/mol. The van der Waals surface area contributed by atoms with Crippen LogP contribution >= 0.6 is 0 Å². The average molecular weight is 191 g/mol. The van der Waals surface area contributed by atoms with Crippen molar-refractivity contribution < 1.29 is 9.90 Å². The van der Waals surface area contributed by atoms with Gasteiger partial charge in [0, 0.05) is 11.6 Å². The zero-order chi connectivity index (χ0) is 10.3. The molecule has 1 N–H and O–H groups in total. The van der Waals surface area contributed by atoms with Crippen LogP contribution in [0.25, 0.3) is 0 Å². The van der Waals surface area contributed by atoms with Gasteiger partial charge in [-0.3, -0.25) is 4.98 Å². The van der Waals surface area contributed by atoms with Crippen molar-refractivity contribution in [3.05, 3.63) is 28.6 Å². The summed E-state index contributed by atoms with van der Waals surface area (Å²) in [5, 5.41) is 9.02. The maximum absolute atomic E-state index is 11.0. The van der Waals surface area contributed by atoms with Crippen molar-refractivity contribution in [3.63, 3.8) is 0 Å². The van der Waals surface area contributed by atoms with Crippen LogP contribution in [0.2, 0.25) is 0 Å². The number of hydrogen-bond donors (Lipinski definition) is 1. The number of aromatic nitrogens is 1. The van der Waals surface area contributed by atoms with Gasteiger partial charge in [-0.1, -0.05) is 0 Å². The summed E-state index contributed by atoms with van der Waals surface area (Å²) in [7, 11) is 0. The minimum Gasteiger partial charge on any atom is -0.478 e. The summed E-state index contributed by atoms with van der Waals surface area (Å²) in [6, 6.07) is 1.73. The van der Waals surface area contributed by atoms with Crippen LogP contribution < -0.4 is 0 Å². The highest BCUT2D eigenvalue weighted by Crippen LogP contribution is 2.40. The lowest BCUT2D eigenvalue weighted by Gasteiger charge is -2.07. The Balaban J connectivity index is 2.54. The van der Waals surface area contributed by atoms with Crippen molar-refractivity contribution in [2.75, 3.05) is 0 Å². The maximum atomic E-state index is 11.0. The Morgan fingerprint density at radius 2 is 2.14 bits per heavy atom. The third kappa shape index (κ3) is 1.50. The van der Waals surface area contributed by atoms with E-state index in [1.165, 1.54) is 0 Å². The standard InChI is InChI=1S/C11H13NO2/c1-6-5-9(11(13)14)10(8-3-4-8)12-7(6)2/h5,8H,3-4H2,1-2H3,(H,13,14). The molecule has 0 saturated heterocycles. The Labute approximate surface area is 82.8 Å². The largest absolute Gasteiger partial charge is 0.478 e. The van der Waals surface area contributed by atoms with E-state index in [9.17, 15) is 4.79 Å². The molecule has 0 aliphatic heterocycles. The Hall–Kier alpha value is -1.38. The smallest absolute Gasteiger partial charge is 0.337 e. The van der Waals surface area contributed by atoms with E-state index in [0.29, 0.717) is 11.5 Å². The van der Waals surface area contributed by atoms with Crippen molar-refractivity contribution in [3.8, 4) is 0 Å². The van der Waals surface area contributed by atoms with Crippen molar-refractivity contribution in [1.29, 1.82) is 0 Å². The molecule has 1 aliphatic rings. The number of carboxylic acid groups (broad SMARTS) is 1. The normalized spacial score (nSPS) is 15.6. The van der Waals surface area contributed by atoms with Crippen LogP contribution in [0, 0.1) is 13.8 Å². The number of carboxylic acids is 1. The fourth-order valence-electron chi connectivity index (χ4n) is 1.56. The second-order valence-corrected chi connectivity index (χ2v) is 3.90. The molecule has 1 heterocycles. The van der Waals surface area contributed by atoms with Crippen LogP contribution in [0.3, 0.4) is 0 Å². The lowest BCUT2D eigenvalue weighted by atomic mass is 10.1. The minimum absolute atomic E-state index is 0.385. The lowest BCUT2D eigenvalue weighted by molar-refractivity contribution is 0.0695. The molecule has 0 spiro atoms. The summed E-state index contributed by atoms with van der Waals surface area (Å²) in [6.45, 7) is 3.82. The Morgan fingerprint density at radius 3 is 2.64 bits per heavy atom. The minimum atomic E-state index is -0.859. The van der Waals surface area contributed by atoms with E-state index in [2.05, 4.69) is 4.98 Å². The van der Waals surface area contributed by atoms with Gasteiger partial charge in [0.15, 0.2) is 0 Å². The molecule has 3 nitrogen and oxygen atoms in total. The number of rotatable bonds is 2. The van der Waals surface area contributed by atoms with Gasteiger partial charge in [-0.2, -0.15) is 0 Å². The monoisotopic (exact) mass is 191 g/mol. The first-order valence-corrected chi connectivity index (χ1v) is 4.81. The summed E-state index contributed by atoms with van der Waals surface area (Å²) < 4.78 is 0. The number of hydrogen-bond acceptors (Lipinski definition) is 2. The molecular formula is C11H13NO2. The molecule has 0 unspecified atom stereocenters. The molecule has 1 aromatic rings. The van der Waals surface area contributed by atoms with Gasteiger partial charge in [-0.15, -0.1) is 0 Å². The van der Waals surface area contributed by atoms with Crippen LogP contribution in [0.4, 0.5) is 0 Å². The Bertz CT molecular complexity index is 395. The quantitative estimate of drug-likeness (QED) is 0.780. The molecule has 0 amide bonds. The molecule has 0 aromatic carbocycles. The maximum Gasteiger partial charge on any atom is 0.337 e. The molecule has 3 heteroatoms. The van der Waals surface area contributed by atoms with E-state index in [1.807, 2.05) is 13.8 Å². The number of aryl methyl sites for hydroxylation is 2. The van der Waals surface area contributed by atoms with Gasteiger partial charge >= 0.3 is 5.97 Å². The van der Waals surface area contributed by atoms with Gasteiger partial charge in [0.2, 0.25) is 0 Å². The zero-order valence-electron chi connectivity index (χ0n) is 8.37. The van der Waals surface area contributed by atoms with Gasteiger partial charge in [0.1, 0.15) is 0 Å². The topological polar surface area (TPSA) is 50.2 Å². The predicted octanol–water partition coefficient (Wildman–Crippen LogP) is 2.27. The van der Waals surface area contributed by atoms with Crippen molar-refractivity contribution in [1.82, 2.24) is 4.98 Å². The first-order chi connectivity index (χ1) is 6.59. The molecule has 1 aliphatic carbocycles. The molecule has 1 aromatic heterocycles. The number of pyridine rings is 1. The van der Waals surface area contributed by atoms with E-state index < -0.39 is 5.97 Å². The average Bonchev–Trinajstić information content (AvgIpc) is 2.91. The Morgan fingerprint density at radius 1 is 1.50 bits per heavy atom. The highest BCUT2D eigenvalue weighted by Gasteiger charge is 2.30. The highest BCUT2D eigenvalue weighted by molar-refractivity contribution is 5.89. The van der Waals surface area contributed by atoms with Crippen LogP contribution in [0.15, 0.2) is 6.07 Å². The molecule has 1 saturated carbocycles. The third-order valence-electron chi connectivity index (χ3n) is 2.69.